The van der Waals surface area contributed by atoms with Gasteiger partial charge in [-0.1, -0.05) is 12.1 Å². The fraction of sp³-hybridized carbons (Fsp3) is 0.562. The molecule has 0 aromatic heterocycles. The Bertz CT molecular complexity index is 465. The number of thioether (sulfide) groups is 1. The van der Waals surface area contributed by atoms with Gasteiger partial charge < -0.3 is 9.84 Å². The molecule has 0 bridgehead atoms. The van der Waals surface area contributed by atoms with Crippen molar-refractivity contribution < 1.29 is 14.6 Å². The highest BCUT2D eigenvalue weighted by Crippen LogP contribution is 2.26. The van der Waals surface area contributed by atoms with E-state index in [1.807, 2.05) is 36.0 Å². The van der Waals surface area contributed by atoms with Gasteiger partial charge in [-0.2, -0.15) is 11.8 Å². The van der Waals surface area contributed by atoms with Gasteiger partial charge in [0.1, 0.15) is 11.9 Å². The van der Waals surface area contributed by atoms with Crippen LogP contribution in [-0.2, 0) is 11.2 Å². The van der Waals surface area contributed by atoms with E-state index in [9.17, 15) is 9.90 Å². The average molecular weight is 294 g/mol. The lowest BCUT2D eigenvalue weighted by atomic mass is 9.86. The lowest BCUT2D eigenvalue weighted by Gasteiger charge is -2.23. The Morgan fingerprint density at radius 1 is 1.40 bits per heavy atom. The van der Waals surface area contributed by atoms with Gasteiger partial charge in [0, 0.05) is 0 Å². The second-order valence-electron chi connectivity index (χ2n) is 5.94. The minimum Gasteiger partial charge on any atom is -0.490 e. The number of rotatable bonds is 5. The van der Waals surface area contributed by atoms with Gasteiger partial charge in [-0.25, -0.2) is 0 Å². The van der Waals surface area contributed by atoms with E-state index in [0.29, 0.717) is 12.5 Å². The maximum atomic E-state index is 11.2. The molecule has 1 aliphatic rings. The van der Waals surface area contributed by atoms with Crippen LogP contribution in [0, 0.1) is 5.41 Å². The Balaban J connectivity index is 2.02. The summed E-state index contributed by atoms with van der Waals surface area (Å²) < 4.78 is 6.01. The average Bonchev–Trinajstić information content (AvgIpc) is 2.39. The van der Waals surface area contributed by atoms with Crippen molar-refractivity contribution in [1.82, 2.24) is 0 Å². The minimum absolute atomic E-state index is 0.305. The van der Waals surface area contributed by atoms with Crippen LogP contribution in [0.2, 0.25) is 0 Å². The zero-order valence-electron chi connectivity index (χ0n) is 12.1. The van der Waals surface area contributed by atoms with Crippen LogP contribution in [0.25, 0.3) is 0 Å². The molecule has 1 aromatic rings. The molecule has 0 spiro atoms. The van der Waals surface area contributed by atoms with E-state index in [1.165, 1.54) is 0 Å². The van der Waals surface area contributed by atoms with Crippen LogP contribution < -0.4 is 4.74 Å². The molecule has 1 aliphatic heterocycles. The van der Waals surface area contributed by atoms with Gasteiger partial charge >= 0.3 is 5.97 Å². The molecule has 0 radical (unpaired) electrons. The number of benzene rings is 1. The van der Waals surface area contributed by atoms with Crippen molar-refractivity contribution in [3.63, 3.8) is 0 Å². The highest BCUT2D eigenvalue weighted by atomic mass is 32.2. The lowest BCUT2D eigenvalue weighted by Crippen LogP contribution is -2.26. The third kappa shape index (κ3) is 4.17. The van der Waals surface area contributed by atoms with Crippen LogP contribution in [0.4, 0.5) is 0 Å². The monoisotopic (exact) mass is 294 g/mol. The number of carboxylic acids is 1. The molecule has 1 aromatic carbocycles. The molecule has 20 heavy (non-hydrogen) atoms. The summed E-state index contributed by atoms with van der Waals surface area (Å²) >= 11 is 1.98. The predicted octanol–water partition coefficient (Wildman–Crippen LogP) is 3.61. The predicted molar refractivity (Wildman–Crippen MR) is 82.5 cm³/mol. The first-order valence-corrected chi connectivity index (χ1v) is 8.19. The Kier molecular flexibility index (Phi) is 4.97. The van der Waals surface area contributed by atoms with Crippen LogP contribution in [-0.4, -0.2) is 28.7 Å². The Hall–Kier alpha value is -1.16. The molecule has 0 atom stereocenters. The zero-order valence-corrected chi connectivity index (χ0v) is 12.9. The summed E-state index contributed by atoms with van der Waals surface area (Å²) in [5, 5.41) is 9.20. The van der Waals surface area contributed by atoms with E-state index in [-0.39, 0.29) is 0 Å². The molecule has 0 aliphatic carbocycles. The normalized spacial score (nSPS) is 16.9. The molecule has 1 heterocycles. The van der Waals surface area contributed by atoms with Gasteiger partial charge in [0.05, 0.1) is 5.41 Å². The van der Waals surface area contributed by atoms with Gasteiger partial charge in [-0.05, 0) is 62.3 Å². The second-order valence-corrected chi connectivity index (χ2v) is 7.17. The Labute approximate surface area is 124 Å². The standard InChI is InChI=1S/C16H22O3S/c1-16(2,15(17)18)11-12-4-3-5-14(10-12)19-13-6-8-20-9-7-13/h3-5,10,13H,6-9,11H2,1-2H3,(H,17,18). The summed E-state index contributed by atoms with van der Waals surface area (Å²) in [6.07, 6.45) is 3.00. The third-order valence-corrected chi connectivity index (χ3v) is 4.64. The summed E-state index contributed by atoms with van der Waals surface area (Å²) in [4.78, 5) is 11.2. The molecule has 110 valence electrons. The Morgan fingerprint density at radius 2 is 2.10 bits per heavy atom. The molecule has 1 N–H and O–H groups in total. The fourth-order valence-electron chi connectivity index (χ4n) is 2.30. The number of hydrogen-bond donors (Lipinski definition) is 1. The number of hydrogen-bond acceptors (Lipinski definition) is 3. The second kappa shape index (κ2) is 6.53. The van der Waals surface area contributed by atoms with E-state index in [1.54, 1.807) is 13.8 Å². The first kappa shape index (κ1) is 15.2. The zero-order chi connectivity index (χ0) is 14.6. The van der Waals surface area contributed by atoms with E-state index in [2.05, 4.69) is 0 Å². The van der Waals surface area contributed by atoms with Gasteiger partial charge in [-0.15, -0.1) is 0 Å². The fourth-order valence-corrected chi connectivity index (χ4v) is 3.36. The van der Waals surface area contributed by atoms with Gasteiger partial charge in [0.25, 0.3) is 0 Å². The van der Waals surface area contributed by atoms with Crippen LogP contribution >= 0.6 is 11.8 Å². The summed E-state index contributed by atoms with van der Waals surface area (Å²) in [5.41, 5.74) is 0.264. The van der Waals surface area contributed by atoms with Crippen LogP contribution in [0.5, 0.6) is 5.75 Å². The highest BCUT2D eigenvalue weighted by Gasteiger charge is 2.27. The number of carboxylic acid groups (broad SMARTS) is 1. The SMILES string of the molecule is CC(C)(Cc1cccc(OC2CCSCC2)c1)C(=O)O. The van der Waals surface area contributed by atoms with Gasteiger partial charge in [0.15, 0.2) is 0 Å². The minimum atomic E-state index is -0.770. The molecule has 4 heteroatoms. The summed E-state index contributed by atoms with van der Waals surface area (Å²) in [5.74, 6) is 2.42. The third-order valence-electron chi connectivity index (χ3n) is 3.59. The number of ether oxygens (including phenoxy) is 1. The maximum absolute atomic E-state index is 11.2. The van der Waals surface area contributed by atoms with Crippen LogP contribution in [0.15, 0.2) is 24.3 Å². The van der Waals surface area contributed by atoms with E-state index in [0.717, 1.165) is 35.7 Å². The smallest absolute Gasteiger partial charge is 0.309 e. The summed E-state index contributed by atoms with van der Waals surface area (Å²) in [6.45, 7) is 3.50. The van der Waals surface area contributed by atoms with Crippen molar-refractivity contribution in [2.75, 3.05) is 11.5 Å². The van der Waals surface area contributed by atoms with Crippen molar-refractivity contribution in [3.8, 4) is 5.75 Å². The van der Waals surface area contributed by atoms with Crippen molar-refractivity contribution in [1.29, 1.82) is 0 Å². The Morgan fingerprint density at radius 3 is 2.75 bits per heavy atom. The first-order valence-electron chi connectivity index (χ1n) is 7.04. The van der Waals surface area contributed by atoms with Crippen LogP contribution in [0.1, 0.15) is 32.3 Å². The molecule has 1 saturated heterocycles. The molecule has 3 nitrogen and oxygen atoms in total. The van der Waals surface area contributed by atoms with Crippen molar-refractivity contribution in [3.05, 3.63) is 29.8 Å². The van der Waals surface area contributed by atoms with Crippen molar-refractivity contribution in [2.24, 2.45) is 5.41 Å². The van der Waals surface area contributed by atoms with E-state index in [4.69, 9.17) is 4.74 Å². The van der Waals surface area contributed by atoms with Crippen LogP contribution in [0.3, 0.4) is 0 Å². The highest BCUT2D eigenvalue weighted by molar-refractivity contribution is 7.99. The van der Waals surface area contributed by atoms with Gasteiger partial charge in [-0.3, -0.25) is 4.79 Å². The molecule has 1 fully saturated rings. The number of aliphatic carboxylic acids is 1. The van der Waals surface area contributed by atoms with Crippen molar-refractivity contribution in [2.45, 2.75) is 39.2 Å². The lowest BCUT2D eigenvalue weighted by molar-refractivity contribution is -0.146. The van der Waals surface area contributed by atoms with Gasteiger partial charge in [0.2, 0.25) is 0 Å². The molecule has 2 rings (SSSR count). The topological polar surface area (TPSA) is 46.5 Å². The molecular weight excluding hydrogens is 272 g/mol. The largest absolute Gasteiger partial charge is 0.490 e. The molecule has 0 amide bonds. The maximum Gasteiger partial charge on any atom is 0.309 e. The quantitative estimate of drug-likeness (QED) is 0.901. The van der Waals surface area contributed by atoms with Crippen molar-refractivity contribution >= 4 is 17.7 Å². The van der Waals surface area contributed by atoms with E-state index >= 15 is 0 Å². The summed E-state index contributed by atoms with van der Waals surface area (Å²) in [6, 6.07) is 7.85. The molecule has 0 unspecified atom stereocenters. The number of carbonyl (C=O) groups is 1. The first-order chi connectivity index (χ1) is 9.47. The van der Waals surface area contributed by atoms with E-state index < -0.39 is 11.4 Å². The molecular formula is C16H22O3S. The molecule has 0 saturated carbocycles. The summed E-state index contributed by atoms with van der Waals surface area (Å²) in [7, 11) is 0.